The van der Waals surface area contributed by atoms with Crippen molar-refractivity contribution in [2.75, 3.05) is 13.2 Å². The summed E-state index contributed by atoms with van der Waals surface area (Å²) in [4.78, 5) is 15.7. The zero-order chi connectivity index (χ0) is 16.9. The first-order valence-electron chi connectivity index (χ1n) is 8.45. The molecule has 3 aromatic heterocycles. The van der Waals surface area contributed by atoms with Crippen LogP contribution in [0.3, 0.4) is 0 Å². The smallest absolute Gasteiger partial charge is 0.122 e. The molecule has 0 aliphatic carbocycles. The van der Waals surface area contributed by atoms with Gasteiger partial charge in [-0.25, -0.2) is 9.97 Å². The van der Waals surface area contributed by atoms with Crippen LogP contribution in [-0.4, -0.2) is 37.6 Å². The van der Waals surface area contributed by atoms with E-state index in [0.717, 1.165) is 42.7 Å². The maximum absolute atomic E-state index is 5.95. The molecule has 1 aliphatic heterocycles. The third-order valence-corrected chi connectivity index (χ3v) is 5.07. The number of aromatic nitrogens is 4. The largest absolute Gasteiger partial charge is 0.375 e. The summed E-state index contributed by atoms with van der Waals surface area (Å²) < 4.78 is 8.20. The molecule has 4 rings (SSSR count). The summed E-state index contributed by atoms with van der Waals surface area (Å²) in [5.74, 6) is 1.53. The molecule has 0 bridgehead atoms. The van der Waals surface area contributed by atoms with Crippen molar-refractivity contribution in [3.8, 4) is 0 Å². The van der Waals surface area contributed by atoms with Gasteiger partial charge in [-0.15, -0.1) is 11.3 Å². The minimum Gasteiger partial charge on any atom is -0.375 e. The second kappa shape index (κ2) is 7.86. The lowest BCUT2D eigenvalue weighted by molar-refractivity contribution is 0.0649. The Morgan fingerprint density at radius 3 is 2.96 bits per heavy atom. The minimum absolute atomic E-state index is 0.416. The van der Waals surface area contributed by atoms with E-state index in [0.29, 0.717) is 19.1 Å². The van der Waals surface area contributed by atoms with Gasteiger partial charge in [0.05, 0.1) is 32.0 Å². The van der Waals surface area contributed by atoms with E-state index in [9.17, 15) is 0 Å². The summed E-state index contributed by atoms with van der Waals surface area (Å²) >= 11 is 1.70. The predicted octanol–water partition coefficient (Wildman–Crippen LogP) is 2.58. The first-order valence-corrected chi connectivity index (χ1v) is 9.33. The Bertz CT molecular complexity index is 774. The van der Waals surface area contributed by atoms with Gasteiger partial charge in [0.1, 0.15) is 10.8 Å². The highest BCUT2D eigenvalue weighted by Crippen LogP contribution is 2.19. The van der Waals surface area contributed by atoms with Crippen LogP contribution in [0.2, 0.25) is 0 Å². The molecule has 6 nitrogen and oxygen atoms in total. The number of fused-ring (bicyclic) bond motifs is 1. The normalized spacial score (nSPS) is 18.0. The van der Waals surface area contributed by atoms with Crippen LogP contribution < -0.4 is 0 Å². The number of nitrogens with zero attached hydrogens (tertiary/aromatic N) is 5. The molecule has 0 N–H and O–H groups in total. The average molecular weight is 355 g/mol. The van der Waals surface area contributed by atoms with Crippen LogP contribution in [0.5, 0.6) is 0 Å². The first-order chi connectivity index (χ1) is 12.4. The highest BCUT2D eigenvalue weighted by atomic mass is 32.1. The zero-order valence-corrected chi connectivity index (χ0v) is 14.8. The molecule has 0 aromatic carbocycles. The Morgan fingerprint density at radius 2 is 2.12 bits per heavy atom. The maximum Gasteiger partial charge on any atom is 0.122 e. The van der Waals surface area contributed by atoms with Crippen molar-refractivity contribution in [1.82, 2.24) is 24.4 Å². The quantitative estimate of drug-likeness (QED) is 0.680. The van der Waals surface area contributed by atoms with Crippen molar-refractivity contribution in [3.05, 3.63) is 64.9 Å². The summed E-state index contributed by atoms with van der Waals surface area (Å²) in [6, 6.07) is 5.91. The molecule has 4 heterocycles. The molecule has 0 radical (unpaired) electrons. The lowest BCUT2D eigenvalue weighted by Crippen LogP contribution is -2.30. The molecule has 0 spiro atoms. The van der Waals surface area contributed by atoms with Gasteiger partial charge in [-0.05, 0) is 12.1 Å². The van der Waals surface area contributed by atoms with Crippen LogP contribution in [0.25, 0.3) is 0 Å². The van der Waals surface area contributed by atoms with Gasteiger partial charge >= 0.3 is 0 Å². The van der Waals surface area contributed by atoms with Gasteiger partial charge in [-0.1, -0.05) is 6.07 Å². The number of rotatable bonds is 6. The number of imidazole rings is 1. The highest BCUT2D eigenvalue weighted by Gasteiger charge is 2.23. The SMILES string of the molecule is c1ccc(COC[C@H]2CN(Cc3nccs3)Cc3nccn3C2)nc1. The van der Waals surface area contributed by atoms with Crippen molar-refractivity contribution in [2.24, 2.45) is 5.92 Å². The third-order valence-electron chi connectivity index (χ3n) is 4.31. The molecule has 130 valence electrons. The monoisotopic (exact) mass is 355 g/mol. The Balaban J connectivity index is 1.40. The molecular weight excluding hydrogens is 334 g/mol. The number of hydrogen-bond acceptors (Lipinski definition) is 6. The van der Waals surface area contributed by atoms with E-state index in [1.54, 1.807) is 17.5 Å². The first kappa shape index (κ1) is 16.4. The molecule has 0 saturated carbocycles. The summed E-state index contributed by atoms with van der Waals surface area (Å²) in [7, 11) is 0. The fourth-order valence-electron chi connectivity index (χ4n) is 3.19. The van der Waals surface area contributed by atoms with Crippen molar-refractivity contribution >= 4 is 11.3 Å². The Morgan fingerprint density at radius 1 is 1.12 bits per heavy atom. The van der Waals surface area contributed by atoms with Crippen LogP contribution in [0.15, 0.2) is 48.4 Å². The molecule has 0 saturated heterocycles. The summed E-state index contributed by atoms with van der Waals surface area (Å²) in [5.41, 5.74) is 0.971. The molecular formula is C18H21N5OS. The van der Waals surface area contributed by atoms with Gasteiger partial charge in [0.2, 0.25) is 0 Å². The van der Waals surface area contributed by atoms with Crippen LogP contribution in [0.4, 0.5) is 0 Å². The van der Waals surface area contributed by atoms with Crippen molar-refractivity contribution in [3.63, 3.8) is 0 Å². The predicted molar refractivity (Wildman–Crippen MR) is 95.8 cm³/mol. The molecule has 25 heavy (non-hydrogen) atoms. The summed E-state index contributed by atoms with van der Waals surface area (Å²) in [5, 5.41) is 3.18. The number of ether oxygens (including phenoxy) is 1. The lowest BCUT2D eigenvalue weighted by Gasteiger charge is -2.22. The van der Waals surface area contributed by atoms with Crippen molar-refractivity contribution in [1.29, 1.82) is 0 Å². The molecule has 3 aromatic rings. The van der Waals surface area contributed by atoms with Crippen molar-refractivity contribution < 1.29 is 4.74 Å². The fourth-order valence-corrected chi connectivity index (χ4v) is 3.84. The maximum atomic E-state index is 5.95. The van der Waals surface area contributed by atoms with E-state index in [1.807, 2.05) is 36.0 Å². The van der Waals surface area contributed by atoms with Gasteiger partial charge in [-0.3, -0.25) is 9.88 Å². The molecule has 7 heteroatoms. The van der Waals surface area contributed by atoms with Gasteiger partial charge < -0.3 is 9.30 Å². The van der Waals surface area contributed by atoms with Crippen molar-refractivity contribution in [2.45, 2.75) is 26.2 Å². The second-order valence-corrected chi connectivity index (χ2v) is 7.27. The molecule has 0 amide bonds. The molecule has 1 aliphatic rings. The lowest BCUT2D eigenvalue weighted by atomic mass is 10.1. The topological polar surface area (TPSA) is 56.1 Å². The summed E-state index contributed by atoms with van der Waals surface area (Å²) in [6.45, 7) is 4.89. The zero-order valence-electron chi connectivity index (χ0n) is 14.0. The van der Waals surface area contributed by atoms with Gasteiger partial charge in [0.15, 0.2) is 0 Å². The van der Waals surface area contributed by atoms with E-state index in [1.165, 1.54) is 0 Å². The standard InChI is InChI=1S/C18H21N5OS/c1-2-4-19-16(3-1)14-24-13-15-9-22(12-18-21-6-8-25-18)11-17-20-5-7-23(17)10-15/h1-8,15H,9-14H2/t15-/m0/s1. The van der Waals surface area contributed by atoms with E-state index in [4.69, 9.17) is 4.74 Å². The summed E-state index contributed by atoms with van der Waals surface area (Å²) in [6.07, 6.45) is 7.62. The van der Waals surface area contributed by atoms with Crippen LogP contribution in [0.1, 0.15) is 16.5 Å². The van der Waals surface area contributed by atoms with E-state index < -0.39 is 0 Å². The Kier molecular flexibility index (Phi) is 5.15. The second-order valence-electron chi connectivity index (χ2n) is 6.29. The van der Waals surface area contributed by atoms with E-state index in [-0.39, 0.29) is 0 Å². The fraction of sp³-hybridized carbons (Fsp3) is 0.389. The molecule has 0 fully saturated rings. The molecule has 0 unspecified atom stereocenters. The highest BCUT2D eigenvalue weighted by molar-refractivity contribution is 7.09. The van der Waals surface area contributed by atoms with Gasteiger partial charge in [0, 0.05) is 49.2 Å². The number of thiazole rings is 1. The third kappa shape index (κ3) is 4.31. The van der Waals surface area contributed by atoms with Crippen LogP contribution in [0, 0.1) is 5.92 Å². The average Bonchev–Trinajstić information content (AvgIpc) is 3.25. The van der Waals surface area contributed by atoms with E-state index in [2.05, 4.69) is 30.6 Å². The Hall–Kier alpha value is -2.09. The van der Waals surface area contributed by atoms with Crippen LogP contribution in [-0.2, 0) is 31.0 Å². The Labute approximate surface area is 151 Å². The van der Waals surface area contributed by atoms with E-state index >= 15 is 0 Å². The van der Waals surface area contributed by atoms with Gasteiger partial charge in [0.25, 0.3) is 0 Å². The minimum atomic E-state index is 0.416. The van der Waals surface area contributed by atoms with Gasteiger partial charge in [-0.2, -0.15) is 0 Å². The number of hydrogen-bond donors (Lipinski definition) is 0. The van der Waals surface area contributed by atoms with Crippen LogP contribution >= 0.6 is 11.3 Å². The molecule has 1 atom stereocenters. The number of pyridine rings is 1.